The van der Waals surface area contributed by atoms with Gasteiger partial charge in [-0.2, -0.15) is 0 Å². The average Bonchev–Trinajstić information content (AvgIpc) is 2.80. The molecule has 0 amide bonds. The van der Waals surface area contributed by atoms with Gasteiger partial charge in [0.2, 0.25) is 0 Å². The fourth-order valence-corrected chi connectivity index (χ4v) is 3.94. The van der Waals surface area contributed by atoms with Crippen LogP contribution in [0.15, 0.2) is 36.4 Å². The number of hydrogen-bond acceptors (Lipinski definition) is 7. The lowest BCUT2D eigenvalue weighted by Gasteiger charge is -2.30. The summed E-state index contributed by atoms with van der Waals surface area (Å²) in [7, 11) is 2.01. The van der Waals surface area contributed by atoms with Crippen molar-refractivity contribution >= 4 is 17.5 Å². The lowest BCUT2D eigenvalue weighted by Crippen LogP contribution is -2.38. The molecule has 1 aliphatic heterocycles. The quantitative estimate of drug-likeness (QED) is 0.275. The molecule has 184 valence electrons. The molecule has 0 saturated carbocycles. The van der Waals surface area contributed by atoms with Gasteiger partial charge in [0.05, 0.1) is 13.2 Å². The third-order valence-corrected chi connectivity index (χ3v) is 5.57. The minimum atomic E-state index is -1.14. The molecule has 9 heteroatoms. The number of hydrogen-bond donors (Lipinski definition) is 3. The number of carbonyl (C=O) groups excluding carboxylic acids is 1. The van der Waals surface area contributed by atoms with Gasteiger partial charge >= 0.3 is 5.97 Å². The Morgan fingerprint density at radius 2 is 2.00 bits per heavy atom. The van der Waals surface area contributed by atoms with Gasteiger partial charge in [-0.15, -0.1) is 0 Å². The zero-order chi connectivity index (χ0) is 24.7. The number of amidine groups is 1. The number of nitrogens with zero attached hydrogens (tertiary/aromatic N) is 1. The number of anilines is 1. The van der Waals surface area contributed by atoms with Gasteiger partial charge < -0.3 is 30.2 Å². The van der Waals surface area contributed by atoms with E-state index < -0.39 is 17.8 Å². The second kappa shape index (κ2) is 11.7. The first-order valence-corrected chi connectivity index (χ1v) is 11.5. The van der Waals surface area contributed by atoms with Gasteiger partial charge in [-0.25, -0.2) is 9.18 Å². The number of nitrogens with one attached hydrogen (secondary N) is 2. The summed E-state index contributed by atoms with van der Waals surface area (Å²) in [4.78, 5) is 15.0. The van der Waals surface area contributed by atoms with Gasteiger partial charge in [0, 0.05) is 29.4 Å². The van der Waals surface area contributed by atoms with E-state index in [4.69, 9.17) is 25.4 Å². The van der Waals surface area contributed by atoms with Crippen LogP contribution in [-0.2, 0) is 9.53 Å². The molecular formula is C25H33FN4O4. The van der Waals surface area contributed by atoms with Crippen molar-refractivity contribution in [1.29, 1.82) is 5.41 Å². The molecule has 3 rings (SSSR count). The Hall–Kier alpha value is -3.33. The summed E-state index contributed by atoms with van der Waals surface area (Å²) in [6.07, 6.45) is 1.62. The smallest absolute Gasteiger partial charge is 0.333 e. The minimum absolute atomic E-state index is 0.0456. The Kier molecular flexibility index (Phi) is 8.70. The molecule has 1 aliphatic rings. The van der Waals surface area contributed by atoms with Crippen LogP contribution >= 0.6 is 0 Å². The van der Waals surface area contributed by atoms with Crippen LogP contribution in [0.5, 0.6) is 11.5 Å². The predicted molar refractivity (Wildman–Crippen MR) is 129 cm³/mol. The molecule has 0 aliphatic carbocycles. The fourth-order valence-electron chi connectivity index (χ4n) is 3.94. The maximum Gasteiger partial charge on any atom is 0.333 e. The van der Waals surface area contributed by atoms with Gasteiger partial charge in [0.15, 0.2) is 17.6 Å². The summed E-state index contributed by atoms with van der Waals surface area (Å²) in [6, 6.07) is 8.52. The molecule has 0 bridgehead atoms. The molecule has 4 N–H and O–H groups in total. The van der Waals surface area contributed by atoms with Crippen molar-refractivity contribution in [3.05, 3.63) is 53.3 Å². The summed E-state index contributed by atoms with van der Waals surface area (Å²) in [5.74, 6) is -0.888. The van der Waals surface area contributed by atoms with Crippen LogP contribution in [0.3, 0.4) is 0 Å². The normalized spacial score (nSPS) is 17.0. The van der Waals surface area contributed by atoms with Crippen molar-refractivity contribution in [2.75, 3.05) is 38.7 Å². The fraction of sp³-hybridized carbons (Fsp3) is 0.440. The number of nitrogens with two attached hydrogens (primary N) is 1. The van der Waals surface area contributed by atoms with E-state index in [0.717, 1.165) is 19.4 Å². The summed E-state index contributed by atoms with van der Waals surface area (Å²) >= 11 is 0. The number of nitrogen functional groups attached to an aromatic ring is 1. The number of piperidine rings is 1. The number of esters is 1. The Balaban J connectivity index is 1.98. The number of halogens is 1. The number of benzene rings is 2. The third-order valence-electron chi connectivity index (χ3n) is 5.57. The minimum Gasteiger partial charge on any atom is -0.494 e. The SMILES string of the molecule is CCOC(=O)C(Nc1ccc(C(=N)N)cc1)c1cc(OCC)cc(OC2CCCN(C)C2)c1F. The molecule has 8 nitrogen and oxygen atoms in total. The van der Waals surface area contributed by atoms with E-state index in [1.165, 1.54) is 12.1 Å². The van der Waals surface area contributed by atoms with E-state index in [1.54, 1.807) is 31.2 Å². The topological polar surface area (TPSA) is 110 Å². The highest BCUT2D eigenvalue weighted by molar-refractivity contribution is 5.95. The first-order chi connectivity index (χ1) is 16.3. The van der Waals surface area contributed by atoms with E-state index in [-0.39, 0.29) is 29.9 Å². The van der Waals surface area contributed by atoms with Crippen LogP contribution in [-0.4, -0.2) is 56.2 Å². The molecule has 2 aromatic rings. The summed E-state index contributed by atoms with van der Waals surface area (Å²) in [5.41, 5.74) is 6.67. The summed E-state index contributed by atoms with van der Waals surface area (Å²) in [6.45, 7) is 5.71. The molecule has 1 heterocycles. The zero-order valence-corrected chi connectivity index (χ0v) is 19.9. The predicted octanol–water partition coefficient (Wildman–Crippen LogP) is 3.70. The van der Waals surface area contributed by atoms with E-state index in [9.17, 15) is 4.79 Å². The van der Waals surface area contributed by atoms with Crippen LogP contribution < -0.4 is 20.5 Å². The van der Waals surface area contributed by atoms with E-state index in [0.29, 0.717) is 30.2 Å². The maximum absolute atomic E-state index is 15.8. The molecule has 34 heavy (non-hydrogen) atoms. The lowest BCUT2D eigenvalue weighted by molar-refractivity contribution is -0.144. The lowest BCUT2D eigenvalue weighted by atomic mass is 10.0. The van der Waals surface area contributed by atoms with Crippen LogP contribution in [0.4, 0.5) is 10.1 Å². The summed E-state index contributed by atoms with van der Waals surface area (Å²) in [5, 5.41) is 10.6. The van der Waals surface area contributed by atoms with Crippen molar-refractivity contribution in [2.24, 2.45) is 5.73 Å². The Morgan fingerprint density at radius 1 is 1.26 bits per heavy atom. The average molecular weight is 473 g/mol. The van der Waals surface area contributed by atoms with E-state index in [2.05, 4.69) is 10.2 Å². The molecule has 1 fully saturated rings. The third kappa shape index (κ3) is 6.38. The maximum atomic E-state index is 15.8. The molecule has 0 radical (unpaired) electrons. The van der Waals surface area contributed by atoms with Crippen molar-refractivity contribution in [3.8, 4) is 11.5 Å². The number of carbonyl (C=O) groups is 1. The van der Waals surface area contributed by atoms with E-state index >= 15 is 4.39 Å². The Labute approximate surface area is 199 Å². The van der Waals surface area contributed by atoms with Crippen molar-refractivity contribution < 1.29 is 23.4 Å². The Bertz CT molecular complexity index is 999. The standard InChI is InChI=1S/C25H33FN4O4/c1-4-32-19-13-20(22(26)21(14-19)34-18-7-6-12-30(3)15-18)23(25(31)33-5-2)29-17-10-8-16(9-11-17)24(27)28/h8-11,13-14,18,23,29H,4-7,12,15H2,1-3H3,(H3,27,28). The van der Waals surface area contributed by atoms with E-state index in [1.807, 2.05) is 14.0 Å². The molecule has 2 atom stereocenters. The van der Waals surface area contributed by atoms with Gasteiger partial charge in [-0.05, 0) is 70.6 Å². The van der Waals surface area contributed by atoms with Crippen molar-refractivity contribution in [1.82, 2.24) is 4.90 Å². The molecule has 0 spiro atoms. The largest absolute Gasteiger partial charge is 0.494 e. The van der Waals surface area contributed by atoms with Crippen LogP contribution in [0.25, 0.3) is 0 Å². The number of likely N-dealkylation sites (N-methyl/N-ethyl adjacent to an activating group) is 1. The number of ether oxygens (including phenoxy) is 3. The highest BCUT2D eigenvalue weighted by atomic mass is 19.1. The number of rotatable bonds is 10. The molecule has 1 saturated heterocycles. The van der Waals surface area contributed by atoms with Crippen LogP contribution in [0.2, 0.25) is 0 Å². The first kappa shape index (κ1) is 25.3. The monoisotopic (exact) mass is 472 g/mol. The molecule has 2 aromatic carbocycles. The Morgan fingerprint density at radius 3 is 2.62 bits per heavy atom. The van der Waals surface area contributed by atoms with Gasteiger partial charge in [0.1, 0.15) is 17.7 Å². The van der Waals surface area contributed by atoms with Crippen molar-refractivity contribution in [3.63, 3.8) is 0 Å². The first-order valence-electron chi connectivity index (χ1n) is 11.5. The summed E-state index contributed by atoms with van der Waals surface area (Å²) < 4.78 is 32.7. The highest BCUT2D eigenvalue weighted by Gasteiger charge is 2.29. The van der Waals surface area contributed by atoms with Gasteiger partial charge in [-0.3, -0.25) is 5.41 Å². The molecule has 2 unspecified atom stereocenters. The zero-order valence-electron chi connectivity index (χ0n) is 19.9. The molecular weight excluding hydrogens is 439 g/mol. The number of likely N-dealkylation sites (tertiary alicyclic amines) is 1. The van der Waals surface area contributed by atoms with Gasteiger partial charge in [0.25, 0.3) is 0 Å². The highest BCUT2D eigenvalue weighted by Crippen LogP contribution is 2.35. The van der Waals surface area contributed by atoms with Crippen LogP contribution in [0.1, 0.15) is 43.9 Å². The van der Waals surface area contributed by atoms with Gasteiger partial charge in [-0.1, -0.05) is 0 Å². The van der Waals surface area contributed by atoms with Crippen molar-refractivity contribution in [2.45, 2.75) is 38.8 Å². The second-order valence-corrected chi connectivity index (χ2v) is 8.22. The molecule has 0 aromatic heterocycles. The van der Waals surface area contributed by atoms with Crippen LogP contribution in [0, 0.1) is 11.2 Å². The second-order valence-electron chi connectivity index (χ2n) is 8.22.